The van der Waals surface area contributed by atoms with Crippen LogP contribution >= 0.6 is 0 Å². The van der Waals surface area contributed by atoms with Gasteiger partial charge in [-0.15, -0.1) is 0 Å². The van der Waals surface area contributed by atoms with Crippen molar-refractivity contribution >= 4 is 11.5 Å². The van der Waals surface area contributed by atoms with Crippen LogP contribution < -0.4 is 11.1 Å². The maximum Gasteiger partial charge on any atom is 0.334 e. The van der Waals surface area contributed by atoms with Crippen LogP contribution in [0.25, 0.3) is 0 Å². The molecule has 1 aliphatic rings. The van der Waals surface area contributed by atoms with Gasteiger partial charge in [0.1, 0.15) is 5.69 Å². The normalized spacial score (nSPS) is 22.9. The number of aromatic nitrogens is 2. The van der Waals surface area contributed by atoms with Gasteiger partial charge in [-0.3, -0.25) is 10.1 Å². The first-order chi connectivity index (χ1) is 8.40. The van der Waals surface area contributed by atoms with E-state index in [0.29, 0.717) is 11.5 Å². The second-order valence-electron chi connectivity index (χ2n) is 5.19. The molecule has 1 saturated carbocycles. The van der Waals surface area contributed by atoms with Crippen molar-refractivity contribution < 1.29 is 4.92 Å². The molecule has 100 valence electrons. The van der Waals surface area contributed by atoms with E-state index < -0.39 is 0 Å². The van der Waals surface area contributed by atoms with Crippen LogP contribution in [0.5, 0.6) is 0 Å². The Morgan fingerprint density at radius 2 is 2.17 bits per heavy atom. The van der Waals surface area contributed by atoms with E-state index in [9.17, 15) is 10.1 Å². The zero-order valence-corrected chi connectivity index (χ0v) is 10.9. The minimum atomic E-state index is -0.358. The summed E-state index contributed by atoms with van der Waals surface area (Å²) in [5, 5.41) is 18.6. The summed E-state index contributed by atoms with van der Waals surface area (Å²) in [5.41, 5.74) is 6.33. The molecule has 1 aromatic rings. The van der Waals surface area contributed by atoms with E-state index in [4.69, 9.17) is 5.73 Å². The zero-order valence-electron chi connectivity index (χ0n) is 10.9. The molecule has 7 nitrogen and oxygen atoms in total. The van der Waals surface area contributed by atoms with Crippen LogP contribution in [-0.2, 0) is 7.05 Å². The molecular formula is C11H19N5O2. The maximum atomic E-state index is 11.2. The number of nitrogens with one attached hydrogen (secondary N) is 1. The number of nitro groups is 1. The van der Waals surface area contributed by atoms with Crippen LogP contribution in [-0.4, -0.2) is 26.8 Å². The number of aryl methyl sites for hydroxylation is 1. The fourth-order valence-electron chi connectivity index (χ4n) is 2.24. The van der Waals surface area contributed by atoms with Gasteiger partial charge in [-0.2, -0.15) is 5.10 Å². The third-order valence-electron chi connectivity index (χ3n) is 3.29. The lowest BCUT2D eigenvalue weighted by Gasteiger charge is -2.33. The van der Waals surface area contributed by atoms with Gasteiger partial charge in [0.15, 0.2) is 0 Å². The van der Waals surface area contributed by atoms with E-state index in [1.54, 1.807) is 11.7 Å². The molecule has 0 saturated heterocycles. The fraction of sp³-hybridized carbons (Fsp3) is 0.727. The molecule has 0 aromatic carbocycles. The minimum Gasteiger partial charge on any atom is -0.362 e. The Morgan fingerprint density at radius 1 is 1.56 bits per heavy atom. The van der Waals surface area contributed by atoms with Gasteiger partial charge in [0.2, 0.25) is 5.82 Å². The number of anilines is 1. The highest BCUT2D eigenvalue weighted by Gasteiger charge is 2.33. The topological polar surface area (TPSA) is 99.0 Å². The molecule has 7 heteroatoms. The highest BCUT2D eigenvalue weighted by molar-refractivity contribution is 5.61. The van der Waals surface area contributed by atoms with Crippen LogP contribution in [0.1, 0.15) is 38.3 Å². The summed E-state index contributed by atoms with van der Waals surface area (Å²) in [6.07, 6.45) is 1.69. The highest BCUT2D eigenvalue weighted by atomic mass is 16.6. The number of nitrogens with two attached hydrogens (primary N) is 1. The largest absolute Gasteiger partial charge is 0.362 e. The third-order valence-corrected chi connectivity index (χ3v) is 3.29. The Hall–Kier alpha value is -1.63. The van der Waals surface area contributed by atoms with Crippen molar-refractivity contribution in [1.29, 1.82) is 0 Å². The first-order valence-corrected chi connectivity index (χ1v) is 6.13. The van der Waals surface area contributed by atoms with Crippen molar-refractivity contribution in [3.63, 3.8) is 0 Å². The molecule has 1 fully saturated rings. The lowest BCUT2D eigenvalue weighted by atomic mass is 9.87. The number of nitrogens with zero attached hydrogens (tertiary/aromatic N) is 3. The number of hydrogen-bond acceptors (Lipinski definition) is 5. The van der Waals surface area contributed by atoms with Crippen molar-refractivity contribution in [2.45, 2.75) is 44.7 Å². The lowest BCUT2D eigenvalue weighted by Crippen LogP contribution is -2.44. The molecule has 1 heterocycles. The first kappa shape index (κ1) is 12.8. The predicted molar refractivity (Wildman–Crippen MR) is 68.6 cm³/mol. The summed E-state index contributed by atoms with van der Waals surface area (Å²) in [6.45, 7) is 3.80. The second-order valence-corrected chi connectivity index (χ2v) is 5.19. The third kappa shape index (κ3) is 2.17. The second kappa shape index (κ2) is 4.56. The molecule has 0 aliphatic heterocycles. The van der Waals surface area contributed by atoms with Gasteiger partial charge in [0.25, 0.3) is 0 Å². The number of hydrogen-bond donors (Lipinski definition) is 2. The predicted octanol–water partition coefficient (Wildman–Crippen LogP) is 1.35. The van der Waals surface area contributed by atoms with Crippen molar-refractivity contribution in [3.05, 3.63) is 15.8 Å². The smallest absolute Gasteiger partial charge is 0.334 e. The Morgan fingerprint density at radius 3 is 2.61 bits per heavy atom. The number of rotatable bonds is 4. The first-order valence-electron chi connectivity index (χ1n) is 6.13. The molecule has 0 unspecified atom stereocenters. The van der Waals surface area contributed by atoms with Crippen molar-refractivity contribution in [1.82, 2.24) is 9.78 Å². The standard InChI is InChI=1S/C11H19N5O2/c1-6(2)9-10(16(17)18)11(15(3)14-9)13-8-4-7(12)5-8/h6-8,13H,4-5,12H2,1-3H3. The van der Waals surface area contributed by atoms with Crippen LogP contribution in [0.4, 0.5) is 11.5 Å². The highest BCUT2D eigenvalue weighted by Crippen LogP contribution is 2.34. The molecular weight excluding hydrogens is 234 g/mol. The van der Waals surface area contributed by atoms with Crippen LogP contribution in [0.15, 0.2) is 0 Å². The fourth-order valence-corrected chi connectivity index (χ4v) is 2.24. The Bertz CT molecular complexity index is 462. The average molecular weight is 253 g/mol. The molecule has 0 bridgehead atoms. The van der Waals surface area contributed by atoms with E-state index in [0.717, 1.165) is 12.8 Å². The molecule has 1 aliphatic carbocycles. The molecule has 1 aromatic heterocycles. The molecule has 0 amide bonds. The Balaban J connectivity index is 2.30. The monoisotopic (exact) mass is 253 g/mol. The van der Waals surface area contributed by atoms with Crippen LogP contribution in [0.2, 0.25) is 0 Å². The Kier molecular flexibility index (Phi) is 3.25. The minimum absolute atomic E-state index is 0.0239. The molecule has 2 rings (SSSR count). The van der Waals surface area contributed by atoms with Crippen molar-refractivity contribution in [3.8, 4) is 0 Å². The zero-order chi connectivity index (χ0) is 13.4. The van der Waals surface area contributed by atoms with Gasteiger partial charge in [-0.1, -0.05) is 13.8 Å². The van der Waals surface area contributed by atoms with Gasteiger partial charge >= 0.3 is 5.69 Å². The molecule has 0 atom stereocenters. The maximum absolute atomic E-state index is 11.2. The average Bonchev–Trinajstić information content (AvgIpc) is 2.54. The quantitative estimate of drug-likeness (QED) is 0.623. The van der Waals surface area contributed by atoms with E-state index in [1.807, 2.05) is 13.8 Å². The summed E-state index contributed by atoms with van der Waals surface area (Å²) < 4.78 is 1.55. The van der Waals surface area contributed by atoms with Gasteiger partial charge < -0.3 is 11.1 Å². The summed E-state index contributed by atoms with van der Waals surface area (Å²) in [6, 6.07) is 0.425. The SMILES string of the molecule is CC(C)c1nn(C)c(NC2CC(N)C2)c1[N+](=O)[O-]. The summed E-state index contributed by atoms with van der Waals surface area (Å²) in [5.74, 6) is 0.511. The summed E-state index contributed by atoms with van der Waals surface area (Å²) in [4.78, 5) is 10.8. The van der Waals surface area contributed by atoms with Crippen LogP contribution in [0.3, 0.4) is 0 Å². The lowest BCUT2D eigenvalue weighted by molar-refractivity contribution is -0.384. The summed E-state index contributed by atoms with van der Waals surface area (Å²) in [7, 11) is 1.72. The van der Waals surface area contributed by atoms with E-state index in [1.165, 1.54) is 0 Å². The van der Waals surface area contributed by atoms with E-state index in [2.05, 4.69) is 10.4 Å². The van der Waals surface area contributed by atoms with Gasteiger partial charge in [-0.25, -0.2) is 4.68 Å². The Labute approximate surface area is 105 Å². The molecule has 0 spiro atoms. The van der Waals surface area contributed by atoms with E-state index in [-0.39, 0.29) is 28.6 Å². The van der Waals surface area contributed by atoms with Gasteiger partial charge in [-0.05, 0) is 12.8 Å². The molecule has 18 heavy (non-hydrogen) atoms. The summed E-state index contributed by atoms with van der Waals surface area (Å²) >= 11 is 0. The van der Waals surface area contributed by atoms with Crippen molar-refractivity contribution in [2.24, 2.45) is 12.8 Å². The van der Waals surface area contributed by atoms with Gasteiger partial charge in [0, 0.05) is 25.0 Å². The van der Waals surface area contributed by atoms with Gasteiger partial charge in [0.05, 0.1) is 4.92 Å². The molecule has 0 radical (unpaired) electrons. The molecule has 3 N–H and O–H groups in total. The van der Waals surface area contributed by atoms with Crippen molar-refractivity contribution in [2.75, 3.05) is 5.32 Å². The van der Waals surface area contributed by atoms with Crippen LogP contribution in [0, 0.1) is 10.1 Å². The van der Waals surface area contributed by atoms with E-state index >= 15 is 0 Å².